The van der Waals surface area contributed by atoms with E-state index in [2.05, 4.69) is 27.3 Å². The number of benzene rings is 3. The molecule has 0 unspecified atom stereocenters. The van der Waals surface area contributed by atoms with Gasteiger partial charge in [0.15, 0.2) is 11.5 Å². The van der Waals surface area contributed by atoms with Crippen LogP contribution < -0.4 is 19.5 Å². The summed E-state index contributed by atoms with van der Waals surface area (Å²) in [6, 6.07) is 16.7. The van der Waals surface area contributed by atoms with Crippen molar-refractivity contribution in [3.63, 3.8) is 0 Å². The van der Waals surface area contributed by atoms with Crippen molar-refractivity contribution < 1.29 is 23.8 Å². The van der Waals surface area contributed by atoms with Gasteiger partial charge in [-0.2, -0.15) is 0 Å². The number of ether oxygens (including phenoxy) is 3. The van der Waals surface area contributed by atoms with E-state index in [9.17, 15) is 9.59 Å². The summed E-state index contributed by atoms with van der Waals surface area (Å²) in [4.78, 5) is 29.5. The topological polar surface area (TPSA) is 77.1 Å². The summed E-state index contributed by atoms with van der Waals surface area (Å²) in [5.41, 5.74) is 4.10. The lowest BCUT2D eigenvalue weighted by Crippen LogP contribution is -2.50. The van der Waals surface area contributed by atoms with E-state index in [4.69, 9.17) is 14.2 Å². The third kappa shape index (κ3) is 4.09. The van der Waals surface area contributed by atoms with Crippen molar-refractivity contribution in [3.8, 4) is 17.2 Å². The van der Waals surface area contributed by atoms with Gasteiger partial charge in [0.25, 0.3) is 5.91 Å². The molecule has 2 heterocycles. The van der Waals surface area contributed by atoms with Crippen LogP contribution in [0.2, 0.25) is 0 Å². The number of nitrogens with zero attached hydrogens (tertiary/aromatic N) is 1. The van der Waals surface area contributed by atoms with Gasteiger partial charge in [0.1, 0.15) is 5.75 Å². The van der Waals surface area contributed by atoms with Crippen LogP contribution in [-0.2, 0) is 17.8 Å². The first-order chi connectivity index (χ1) is 17.5. The molecule has 36 heavy (non-hydrogen) atoms. The second-order valence-electron chi connectivity index (χ2n) is 8.84. The van der Waals surface area contributed by atoms with Crippen molar-refractivity contribution in [2.45, 2.75) is 24.9 Å². The summed E-state index contributed by atoms with van der Waals surface area (Å²) in [6.45, 7) is 0.820. The maximum Gasteiger partial charge on any atom is 0.254 e. The van der Waals surface area contributed by atoms with Gasteiger partial charge in [0.05, 0.1) is 33.3 Å². The van der Waals surface area contributed by atoms with E-state index in [0.29, 0.717) is 34.9 Å². The monoisotopic (exact) mass is 550 g/mol. The van der Waals surface area contributed by atoms with Crippen LogP contribution in [0, 0.1) is 0 Å². The Kier molecular flexibility index (Phi) is 6.62. The molecule has 0 fully saturated rings. The summed E-state index contributed by atoms with van der Waals surface area (Å²) in [7, 11) is 4.69. The predicted molar refractivity (Wildman–Crippen MR) is 139 cm³/mol. The molecule has 8 heteroatoms. The number of methoxy groups -OCH3 is 3. The van der Waals surface area contributed by atoms with Crippen molar-refractivity contribution in [1.29, 1.82) is 0 Å². The van der Waals surface area contributed by atoms with E-state index in [0.717, 1.165) is 27.6 Å². The highest BCUT2D eigenvalue weighted by atomic mass is 79.9. The quantitative estimate of drug-likeness (QED) is 0.484. The SMILES string of the molecule is COc1ccc(Br)cc1CNC(=O)[C@H]1c2cc(OC)c(OC)cc2C(=O)N2CCc3ccccc3[C@@H]12. The standard InChI is InChI=1S/C28H27BrN2O5/c1-34-22-9-8-18(29)12-17(22)15-30-27(32)25-20-13-23(35-2)24(36-3)14-21(20)28(33)31-11-10-16-6-4-5-7-19(16)26(25)31/h4-9,12-14,25-26H,10-11,15H2,1-3H3,(H,30,32)/t25-,26-/m0/s1. The number of rotatable bonds is 6. The molecule has 0 aliphatic carbocycles. The first-order valence-corrected chi connectivity index (χ1v) is 12.5. The minimum atomic E-state index is -0.628. The Hall–Kier alpha value is -3.52. The molecular weight excluding hydrogens is 524 g/mol. The van der Waals surface area contributed by atoms with Gasteiger partial charge in [-0.1, -0.05) is 40.2 Å². The van der Waals surface area contributed by atoms with Crippen LogP contribution >= 0.6 is 15.9 Å². The minimum Gasteiger partial charge on any atom is -0.496 e. The Balaban J connectivity index is 1.60. The third-order valence-corrected chi connectivity index (χ3v) is 7.50. The third-order valence-electron chi connectivity index (χ3n) is 7.01. The van der Waals surface area contributed by atoms with Crippen molar-refractivity contribution in [3.05, 3.63) is 86.9 Å². The fraction of sp³-hybridized carbons (Fsp3) is 0.286. The van der Waals surface area contributed by atoms with Gasteiger partial charge in [-0.15, -0.1) is 0 Å². The molecule has 1 N–H and O–H groups in total. The summed E-state index contributed by atoms with van der Waals surface area (Å²) < 4.78 is 17.4. The molecule has 0 radical (unpaired) electrons. The van der Waals surface area contributed by atoms with E-state index in [1.54, 1.807) is 26.4 Å². The number of carbonyl (C=O) groups excluding carboxylic acids is 2. The average molecular weight is 551 g/mol. The Bertz CT molecular complexity index is 1340. The molecule has 0 saturated heterocycles. The Morgan fingerprint density at radius 3 is 2.44 bits per heavy atom. The van der Waals surface area contributed by atoms with Gasteiger partial charge in [-0.25, -0.2) is 0 Å². The summed E-state index contributed by atoms with van der Waals surface area (Å²) in [5.74, 6) is 0.713. The number of carbonyl (C=O) groups is 2. The molecule has 5 rings (SSSR count). The van der Waals surface area contributed by atoms with E-state index in [1.165, 1.54) is 7.11 Å². The Labute approximate surface area is 218 Å². The van der Waals surface area contributed by atoms with Crippen molar-refractivity contribution in [2.75, 3.05) is 27.9 Å². The lowest BCUT2D eigenvalue weighted by atomic mass is 9.75. The Morgan fingerprint density at radius 1 is 0.972 bits per heavy atom. The second-order valence-corrected chi connectivity index (χ2v) is 9.75. The van der Waals surface area contributed by atoms with Crippen molar-refractivity contribution >= 4 is 27.7 Å². The van der Waals surface area contributed by atoms with Crippen molar-refractivity contribution in [2.24, 2.45) is 0 Å². The maximum absolute atomic E-state index is 14.0. The van der Waals surface area contributed by atoms with E-state index >= 15 is 0 Å². The van der Waals surface area contributed by atoms with Gasteiger partial charge < -0.3 is 24.4 Å². The van der Waals surface area contributed by atoms with Gasteiger partial charge in [0, 0.05) is 28.7 Å². The van der Waals surface area contributed by atoms with Crippen LogP contribution in [0.25, 0.3) is 0 Å². The largest absolute Gasteiger partial charge is 0.496 e. The molecule has 2 aliphatic heterocycles. The number of hydrogen-bond donors (Lipinski definition) is 1. The molecule has 3 aromatic rings. The highest BCUT2D eigenvalue weighted by Crippen LogP contribution is 2.48. The van der Waals surface area contributed by atoms with Gasteiger partial charge in [-0.05, 0) is 53.4 Å². The molecule has 2 aliphatic rings. The molecule has 7 nitrogen and oxygen atoms in total. The zero-order valence-electron chi connectivity index (χ0n) is 20.3. The number of hydrogen-bond acceptors (Lipinski definition) is 5. The van der Waals surface area contributed by atoms with Crippen LogP contribution in [0.3, 0.4) is 0 Å². The number of nitrogens with one attached hydrogen (secondary N) is 1. The lowest BCUT2D eigenvalue weighted by molar-refractivity contribution is -0.124. The highest BCUT2D eigenvalue weighted by molar-refractivity contribution is 9.10. The first-order valence-electron chi connectivity index (χ1n) is 11.7. The number of amides is 2. The van der Waals surface area contributed by atoms with Crippen LogP contribution in [0.15, 0.2) is 59.1 Å². The van der Waals surface area contributed by atoms with E-state index in [1.807, 2.05) is 41.3 Å². The molecule has 2 atom stereocenters. The molecular formula is C28H27BrN2O5. The molecule has 0 bridgehead atoms. The van der Waals surface area contributed by atoms with Gasteiger partial charge >= 0.3 is 0 Å². The zero-order valence-corrected chi connectivity index (χ0v) is 21.9. The highest BCUT2D eigenvalue weighted by Gasteiger charge is 2.46. The number of fused-ring (bicyclic) bond motifs is 4. The zero-order chi connectivity index (χ0) is 25.4. The lowest BCUT2D eigenvalue weighted by Gasteiger charge is -2.45. The van der Waals surface area contributed by atoms with Crippen LogP contribution in [0.4, 0.5) is 0 Å². The molecule has 0 saturated carbocycles. The smallest absolute Gasteiger partial charge is 0.254 e. The fourth-order valence-electron chi connectivity index (χ4n) is 5.31. The second kappa shape index (κ2) is 9.85. The van der Waals surface area contributed by atoms with Crippen LogP contribution in [0.5, 0.6) is 17.2 Å². The summed E-state index contributed by atoms with van der Waals surface area (Å²) in [6.07, 6.45) is 0.741. The molecule has 2 amide bonds. The predicted octanol–water partition coefficient (Wildman–Crippen LogP) is 4.63. The maximum atomic E-state index is 14.0. The normalized spacial score (nSPS) is 18.0. The molecule has 3 aromatic carbocycles. The van der Waals surface area contributed by atoms with E-state index < -0.39 is 12.0 Å². The average Bonchev–Trinajstić information content (AvgIpc) is 2.91. The molecule has 0 aromatic heterocycles. The number of halogens is 1. The molecule has 0 spiro atoms. The summed E-state index contributed by atoms with van der Waals surface area (Å²) >= 11 is 3.49. The van der Waals surface area contributed by atoms with Gasteiger partial charge in [0.2, 0.25) is 5.91 Å². The van der Waals surface area contributed by atoms with E-state index in [-0.39, 0.29) is 18.4 Å². The molecule has 186 valence electrons. The van der Waals surface area contributed by atoms with Crippen LogP contribution in [0.1, 0.15) is 44.6 Å². The van der Waals surface area contributed by atoms with Crippen LogP contribution in [-0.4, -0.2) is 44.6 Å². The first kappa shape index (κ1) is 24.2. The van der Waals surface area contributed by atoms with Crippen molar-refractivity contribution in [1.82, 2.24) is 10.2 Å². The van der Waals surface area contributed by atoms with Gasteiger partial charge in [-0.3, -0.25) is 9.59 Å². The fourth-order valence-corrected chi connectivity index (χ4v) is 5.72. The summed E-state index contributed by atoms with van der Waals surface area (Å²) in [5, 5.41) is 3.11. The minimum absolute atomic E-state index is 0.108. The Morgan fingerprint density at radius 2 is 1.69 bits per heavy atom.